The largest absolute Gasteiger partial charge is 0.508 e. The number of carbonyl (C=O) groups is 1. The summed E-state index contributed by atoms with van der Waals surface area (Å²) in [6.45, 7) is 2.79. The van der Waals surface area contributed by atoms with E-state index in [-0.39, 0.29) is 11.7 Å². The van der Waals surface area contributed by atoms with Crippen LogP contribution in [0.3, 0.4) is 0 Å². The molecule has 0 aliphatic carbocycles. The zero-order valence-electron chi connectivity index (χ0n) is 16.1. The number of nitrogens with one attached hydrogen (secondary N) is 1. The van der Waals surface area contributed by atoms with E-state index in [1.54, 1.807) is 30.1 Å². The third-order valence-electron chi connectivity index (χ3n) is 4.39. The van der Waals surface area contributed by atoms with E-state index < -0.39 is 0 Å². The molecule has 1 heterocycles. The summed E-state index contributed by atoms with van der Waals surface area (Å²) in [6.07, 6.45) is 10.1. The van der Waals surface area contributed by atoms with E-state index in [1.165, 1.54) is 32.1 Å². The molecule has 0 spiro atoms. The van der Waals surface area contributed by atoms with Gasteiger partial charge >= 0.3 is 0 Å². The maximum Gasteiger partial charge on any atom is 0.254 e. The molecule has 2 N–H and O–H groups in total. The van der Waals surface area contributed by atoms with Crippen LogP contribution in [0.4, 0.5) is 0 Å². The maximum absolute atomic E-state index is 12.5. The van der Waals surface area contributed by atoms with Crippen molar-refractivity contribution in [2.45, 2.75) is 56.9 Å². The topological polar surface area (TPSA) is 62.2 Å². The minimum Gasteiger partial charge on any atom is -0.508 e. The van der Waals surface area contributed by atoms with Gasteiger partial charge in [-0.1, -0.05) is 51.2 Å². The number of hydrogen-bond donors (Lipinski definition) is 2. The molecule has 0 atom stereocenters. The molecule has 2 rings (SSSR count). The van der Waals surface area contributed by atoms with Gasteiger partial charge in [0.25, 0.3) is 5.91 Å². The average Bonchev–Trinajstić information content (AvgIpc) is 2.69. The fourth-order valence-corrected chi connectivity index (χ4v) is 3.80. The first-order valence-electron chi connectivity index (χ1n) is 9.84. The number of nitrogens with zero attached hydrogens (tertiary/aromatic N) is 1. The van der Waals surface area contributed by atoms with Crippen molar-refractivity contribution in [3.05, 3.63) is 53.7 Å². The van der Waals surface area contributed by atoms with Crippen LogP contribution >= 0.6 is 11.8 Å². The standard InChI is InChI=1S/C22H30N2O2S/c1-2-3-4-5-6-7-17-27-22-20(9-8-15-24-22)21(26)23-16-14-18-10-12-19(25)13-11-18/h8-13,15,25H,2-7,14,16-17H2,1H3,(H,23,26). The number of benzene rings is 1. The van der Waals surface area contributed by atoms with Crippen LogP contribution in [-0.4, -0.2) is 28.3 Å². The fraction of sp³-hybridized carbons (Fsp3) is 0.455. The Morgan fingerprint density at radius 2 is 1.81 bits per heavy atom. The van der Waals surface area contributed by atoms with Gasteiger partial charge in [0.2, 0.25) is 0 Å². The first-order chi connectivity index (χ1) is 13.2. The number of pyridine rings is 1. The molecule has 0 radical (unpaired) electrons. The van der Waals surface area contributed by atoms with E-state index in [0.717, 1.165) is 29.2 Å². The highest BCUT2D eigenvalue weighted by molar-refractivity contribution is 7.99. The van der Waals surface area contributed by atoms with Gasteiger partial charge in [0, 0.05) is 12.7 Å². The van der Waals surface area contributed by atoms with Crippen molar-refractivity contribution in [2.75, 3.05) is 12.3 Å². The Bertz CT molecular complexity index is 689. The van der Waals surface area contributed by atoms with Crippen LogP contribution in [0.15, 0.2) is 47.6 Å². The molecule has 4 nitrogen and oxygen atoms in total. The van der Waals surface area contributed by atoms with Crippen LogP contribution < -0.4 is 5.32 Å². The summed E-state index contributed by atoms with van der Waals surface area (Å²) in [7, 11) is 0. The second-order valence-electron chi connectivity index (χ2n) is 6.64. The number of phenols is 1. The SMILES string of the molecule is CCCCCCCCSc1ncccc1C(=O)NCCc1ccc(O)cc1. The van der Waals surface area contributed by atoms with E-state index in [2.05, 4.69) is 17.2 Å². The zero-order valence-corrected chi connectivity index (χ0v) is 16.9. The predicted molar refractivity (Wildman–Crippen MR) is 112 cm³/mol. The summed E-state index contributed by atoms with van der Waals surface area (Å²) in [5, 5.41) is 13.1. The Kier molecular flexibility index (Phi) is 9.77. The number of unbranched alkanes of at least 4 members (excludes halogenated alkanes) is 5. The summed E-state index contributed by atoms with van der Waals surface area (Å²) < 4.78 is 0. The van der Waals surface area contributed by atoms with Gasteiger partial charge in [0.05, 0.1) is 5.56 Å². The van der Waals surface area contributed by atoms with Crippen molar-refractivity contribution < 1.29 is 9.90 Å². The molecule has 1 amide bonds. The normalized spacial score (nSPS) is 10.7. The highest BCUT2D eigenvalue weighted by atomic mass is 32.2. The third kappa shape index (κ3) is 8.04. The number of carbonyl (C=O) groups excluding carboxylic acids is 1. The van der Waals surface area contributed by atoms with Gasteiger partial charge in [-0.25, -0.2) is 4.98 Å². The zero-order chi connectivity index (χ0) is 19.3. The average molecular weight is 387 g/mol. The van der Waals surface area contributed by atoms with Crippen LogP contribution in [0.2, 0.25) is 0 Å². The van der Waals surface area contributed by atoms with E-state index >= 15 is 0 Å². The number of aromatic nitrogens is 1. The summed E-state index contributed by atoms with van der Waals surface area (Å²) in [4.78, 5) is 16.9. The van der Waals surface area contributed by atoms with E-state index in [1.807, 2.05) is 24.3 Å². The van der Waals surface area contributed by atoms with Crippen molar-refractivity contribution in [3.8, 4) is 5.75 Å². The van der Waals surface area contributed by atoms with Gasteiger partial charge in [-0.15, -0.1) is 11.8 Å². The second-order valence-corrected chi connectivity index (χ2v) is 7.73. The number of hydrogen-bond acceptors (Lipinski definition) is 4. The molecule has 2 aromatic rings. The van der Waals surface area contributed by atoms with Crippen molar-refractivity contribution >= 4 is 17.7 Å². The molecule has 0 unspecified atom stereocenters. The third-order valence-corrected chi connectivity index (χ3v) is 5.48. The summed E-state index contributed by atoms with van der Waals surface area (Å²) >= 11 is 1.67. The molecule has 1 aromatic heterocycles. The molecule has 146 valence electrons. The van der Waals surface area contributed by atoms with Crippen LogP contribution in [0, 0.1) is 0 Å². The molecule has 0 aliphatic rings. The molecule has 0 fully saturated rings. The molecule has 0 aliphatic heterocycles. The first-order valence-corrected chi connectivity index (χ1v) is 10.8. The number of thioether (sulfide) groups is 1. The number of amides is 1. The lowest BCUT2D eigenvalue weighted by Gasteiger charge is -2.09. The summed E-state index contributed by atoms with van der Waals surface area (Å²) in [5.74, 6) is 1.18. The fourth-order valence-electron chi connectivity index (χ4n) is 2.81. The van der Waals surface area contributed by atoms with Crippen molar-refractivity contribution in [3.63, 3.8) is 0 Å². The minimum atomic E-state index is -0.0766. The minimum absolute atomic E-state index is 0.0766. The quantitative estimate of drug-likeness (QED) is 0.388. The molecule has 1 aromatic carbocycles. The van der Waals surface area contributed by atoms with Crippen LogP contribution in [0.1, 0.15) is 61.4 Å². The van der Waals surface area contributed by atoms with E-state index in [9.17, 15) is 9.90 Å². The van der Waals surface area contributed by atoms with Gasteiger partial charge < -0.3 is 10.4 Å². The van der Waals surface area contributed by atoms with Crippen molar-refractivity contribution in [2.24, 2.45) is 0 Å². The van der Waals surface area contributed by atoms with Crippen LogP contribution in [-0.2, 0) is 6.42 Å². The van der Waals surface area contributed by atoms with Gasteiger partial charge in [0.15, 0.2) is 0 Å². The Morgan fingerprint density at radius 3 is 2.59 bits per heavy atom. The maximum atomic E-state index is 12.5. The van der Waals surface area contributed by atoms with Crippen molar-refractivity contribution in [1.29, 1.82) is 0 Å². The molecular weight excluding hydrogens is 356 g/mol. The molecule has 0 saturated heterocycles. The van der Waals surface area contributed by atoms with Crippen LogP contribution in [0.25, 0.3) is 0 Å². The molecule has 5 heteroatoms. The van der Waals surface area contributed by atoms with E-state index in [4.69, 9.17) is 0 Å². The Hall–Kier alpha value is -2.01. The van der Waals surface area contributed by atoms with Crippen molar-refractivity contribution in [1.82, 2.24) is 10.3 Å². The number of rotatable bonds is 12. The lowest BCUT2D eigenvalue weighted by molar-refractivity contribution is 0.0950. The molecule has 0 saturated carbocycles. The number of aromatic hydroxyl groups is 1. The number of phenolic OH excluding ortho intramolecular Hbond substituents is 1. The highest BCUT2D eigenvalue weighted by Crippen LogP contribution is 2.22. The molecular formula is C22H30N2O2S. The summed E-state index contributed by atoms with van der Waals surface area (Å²) in [5.41, 5.74) is 1.73. The Balaban J connectivity index is 1.75. The van der Waals surface area contributed by atoms with Crippen LogP contribution in [0.5, 0.6) is 5.75 Å². The first kappa shape index (κ1) is 21.3. The predicted octanol–water partition coefficient (Wildman–Crippen LogP) is 5.21. The van der Waals surface area contributed by atoms with Gasteiger partial charge in [-0.3, -0.25) is 4.79 Å². The van der Waals surface area contributed by atoms with Gasteiger partial charge in [-0.05, 0) is 48.4 Å². The summed E-state index contributed by atoms with van der Waals surface area (Å²) in [6, 6.07) is 10.7. The van der Waals surface area contributed by atoms with Gasteiger partial charge in [0.1, 0.15) is 10.8 Å². The lowest BCUT2D eigenvalue weighted by Crippen LogP contribution is -2.26. The highest BCUT2D eigenvalue weighted by Gasteiger charge is 2.12. The van der Waals surface area contributed by atoms with Gasteiger partial charge in [-0.2, -0.15) is 0 Å². The molecule has 27 heavy (non-hydrogen) atoms. The molecule has 0 bridgehead atoms. The Morgan fingerprint density at radius 1 is 1.07 bits per heavy atom. The Labute approximate surface area is 166 Å². The van der Waals surface area contributed by atoms with E-state index in [0.29, 0.717) is 12.1 Å². The lowest BCUT2D eigenvalue weighted by atomic mass is 10.1. The smallest absolute Gasteiger partial charge is 0.254 e. The second kappa shape index (κ2) is 12.4. The monoisotopic (exact) mass is 386 g/mol.